The summed E-state index contributed by atoms with van der Waals surface area (Å²) in [7, 11) is -3.54. The van der Waals surface area contributed by atoms with Crippen molar-refractivity contribution in [2.45, 2.75) is 70.0 Å². The number of rotatable bonds is 9. The van der Waals surface area contributed by atoms with Crippen molar-refractivity contribution in [3.8, 4) is 0 Å². The SMILES string of the molecule is CCn1cnc2c(Nc3ccc(S(=O)(=O)NCC(C)C)cc3)nc(N[C@H]3CC[C@H](N)CC3)nc21. The Balaban J connectivity index is 1.57. The molecule has 1 saturated carbocycles. The van der Waals surface area contributed by atoms with Crippen LogP contribution in [0.3, 0.4) is 0 Å². The maximum absolute atomic E-state index is 12.5. The first-order valence-electron chi connectivity index (χ1n) is 11.9. The Kier molecular flexibility index (Phi) is 7.34. The molecule has 4 rings (SSSR count). The predicted octanol–water partition coefficient (Wildman–Crippen LogP) is 3.21. The van der Waals surface area contributed by atoms with Gasteiger partial charge in [-0.05, 0) is 62.8 Å². The fraction of sp³-hybridized carbons (Fsp3) is 0.522. The van der Waals surface area contributed by atoms with Crippen molar-refractivity contribution >= 4 is 38.6 Å². The highest BCUT2D eigenvalue weighted by molar-refractivity contribution is 7.89. The first-order valence-corrected chi connectivity index (χ1v) is 13.3. The molecule has 0 unspecified atom stereocenters. The molecule has 0 radical (unpaired) electrons. The lowest BCUT2D eigenvalue weighted by atomic mass is 9.92. The van der Waals surface area contributed by atoms with Crippen molar-refractivity contribution < 1.29 is 8.42 Å². The van der Waals surface area contributed by atoms with Crippen molar-refractivity contribution in [3.63, 3.8) is 0 Å². The second kappa shape index (κ2) is 10.2. The highest BCUT2D eigenvalue weighted by atomic mass is 32.2. The van der Waals surface area contributed by atoms with Gasteiger partial charge < -0.3 is 20.9 Å². The number of hydrogen-bond donors (Lipinski definition) is 4. The minimum atomic E-state index is -3.54. The molecule has 2 aromatic heterocycles. The van der Waals surface area contributed by atoms with Gasteiger partial charge in [-0.1, -0.05) is 13.8 Å². The highest BCUT2D eigenvalue weighted by Gasteiger charge is 2.21. The summed E-state index contributed by atoms with van der Waals surface area (Å²) in [6.45, 7) is 7.09. The molecule has 2 heterocycles. The van der Waals surface area contributed by atoms with E-state index in [1.54, 1.807) is 30.6 Å². The van der Waals surface area contributed by atoms with Gasteiger partial charge in [-0.3, -0.25) is 0 Å². The molecule has 0 amide bonds. The van der Waals surface area contributed by atoms with Gasteiger partial charge in [0.25, 0.3) is 0 Å². The average molecular weight is 487 g/mol. The van der Waals surface area contributed by atoms with Crippen molar-refractivity contribution in [1.82, 2.24) is 24.2 Å². The third-order valence-corrected chi connectivity index (χ3v) is 7.46. The number of nitrogens with two attached hydrogens (primary N) is 1. The molecule has 1 aromatic carbocycles. The lowest BCUT2D eigenvalue weighted by Crippen LogP contribution is -2.33. The summed E-state index contributed by atoms with van der Waals surface area (Å²) in [4.78, 5) is 14.2. The van der Waals surface area contributed by atoms with Gasteiger partial charge in [-0.15, -0.1) is 0 Å². The summed E-state index contributed by atoms with van der Waals surface area (Å²) in [6.07, 6.45) is 5.70. The molecule has 34 heavy (non-hydrogen) atoms. The molecule has 1 aliphatic carbocycles. The third kappa shape index (κ3) is 5.65. The van der Waals surface area contributed by atoms with Gasteiger partial charge in [0.2, 0.25) is 16.0 Å². The van der Waals surface area contributed by atoms with Crippen LogP contribution < -0.4 is 21.1 Å². The van der Waals surface area contributed by atoms with Crippen LogP contribution in [0.5, 0.6) is 0 Å². The molecule has 1 aliphatic rings. The third-order valence-electron chi connectivity index (χ3n) is 6.02. The zero-order valence-electron chi connectivity index (χ0n) is 20.0. The van der Waals surface area contributed by atoms with Gasteiger partial charge in [0.1, 0.15) is 0 Å². The van der Waals surface area contributed by atoms with Crippen LogP contribution in [-0.2, 0) is 16.6 Å². The van der Waals surface area contributed by atoms with E-state index < -0.39 is 10.0 Å². The Bertz CT molecular complexity index is 1220. The summed E-state index contributed by atoms with van der Waals surface area (Å²) in [5, 5.41) is 6.76. The molecule has 5 N–H and O–H groups in total. The van der Waals surface area contributed by atoms with E-state index >= 15 is 0 Å². The maximum atomic E-state index is 12.5. The van der Waals surface area contributed by atoms with E-state index in [0.29, 0.717) is 29.5 Å². The molecule has 3 aromatic rings. The van der Waals surface area contributed by atoms with Gasteiger partial charge in [-0.25, -0.2) is 18.1 Å². The molecule has 11 heteroatoms. The van der Waals surface area contributed by atoms with Gasteiger partial charge in [-0.2, -0.15) is 9.97 Å². The van der Waals surface area contributed by atoms with Crippen LogP contribution in [0.1, 0.15) is 46.5 Å². The molecule has 10 nitrogen and oxygen atoms in total. The first-order chi connectivity index (χ1) is 16.2. The molecule has 0 saturated heterocycles. The van der Waals surface area contributed by atoms with Crippen LogP contribution in [0.2, 0.25) is 0 Å². The fourth-order valence-corrected chi connectivity index (χ4v) is 5.20. The van der Waals surface area contributed by atoms with Gasteiger partial charge in [0.05, 0.1) is 11.2 Å². The minimum Gasteiger partial charge on any atom is -0.351 e. The standard InChI is InChI=1S/C23H34N8O2S/c1-4-31-14-25-20-21(29-23(30-22(20)31)28-18-7-5-16(24)6-8-18)27-17-9-11-19(12-10-17)34(32,33)26-13-15(2)3/h9-12,14-16,18,26H,4-8,13,24H2,1-3H3,(H2,27,28,29,30)/t16-,18-. The van der Waals surface area contributed by atoms with E-state index in [1.807, 2.05) is 25.3 Å². The van der Waals surface area contributed by atoms with E-state index in [0.717, 1.165) is 37.9 Å². The molecule has 0 spiro atoms. The Morgan fingerprint density at radius 3 is 2.47 bits per heavy atom. The van der Waals surface area contributed by atoms with Gasteiger partial charge in [0.15, 0.2) is 17.0 Å². The minimum absolute atomic E-state index is 0.222. The van der Waals surface area contributed by atoms with Crippen LogP contribution in [0.4, 0.5) is 17.5 Å². The van der Waals surface area contributed by atoms with Crippen LogP contribution in [0.25, 0.3) is 11.2 Å². The molecule has 0 aliphatic heterocycles. The zero-order valence-corrected chi connectivity index (χ0v) is 20.8. The second-order valence-corrected chi connectivity index (χ2v) is 11.0. The van der Waals surface area contributed by atoms with Crippen LogP contribution in [0.15, 0.2) is 35.5 Å². The van der Waals surface area contributed by atoms with Gasteiger partial charge in [0, 0.05) is 30.9 Å². The summed E-state index contributed by atoms with van der Waals surface area (Å²) < 4.78 is 29.6. The quantitative estimate of drug-likeness (QED) is 0.361. The van der Waals surface area contributed by atoms with Crippen molar-refractivity contribution in [2.75, 3.05) is 17.2 Å². The number of hydrogen-bond acceptors (Lipinski definition) is 8. The average Bonchev–Trinajstić information content (AvgIpc) is 3.23. The topological polar surface area (TPSA) is 140 Å². The van der Waals surface area contributed by atoms with E-state index in [2.05, 4.69) is 20.3 Å². The van der Waals surface area contributed by atoms with Crippen molar-refractivity contribution in [1.29, 1.82) is 0 Å². The predicted molar refractivity (Wildman–Crippen MR) is 135 cm³/mol. The molecular weight excluding hydrogens is 452 g/mol. The first kappa shape index (κ1) is 24.4. The van der Waals surface area contributed by atoms with Crippen LogP contribution in [-0.4, -0.2) is 46.6 Å². The molecule has 1 fully saturated rings. The summed E-state index contributed by atoms with van der Waals surface area (Å²) in [5.41, 5.74) is 8.16. The number of benzene rings is 1. The Morgan fingerprint density at radius 2 is 1.82 bits per heavy atom. The summed E-state index contributed by atoms with van der Waals surface area (Å²) in [5.74, 6) is 1.34. The number of anilines is 3. The van der Waals surface area contributed by atoms with Crippen LogP contribution >= 0.6 is 0 Å². The molecular formula is C23H34N8O2S. The molecule has 184 valence electrons. The van der Waals surface area contributed by atoms with Crippen molar-refractivity contribution in [3.05, 3.63) is 30.6 Å². The van der Waals surface area contributed by atoms with Crippen LogP contribution in [0, 0.1) is 5.92 Å². The van der Waals surface area contributed by atoms with E-state index in [9.17, 15) is 8.42 Å². The number of nitrogens with zero attached hydrogens (tertiary/aromatic N) is 4. The Labute approximate surface area is 200 Å². The fourth-order valence-electron chi connectivity index (χ4n) is 3.99. The maximum Gasteiger partial charge on any atom is 0.240 e. The number of imidazole rings is 1. The van der Waals surface area contributed by atoms with Gasteiger partial charge >= 0.3 is 0 Å². The number of nitrogens with one attached hydrogen (secondary N) is 3. The highest BCUT2D eigenvalue weighted by Crippen LogP contribution is 2.27. The van der Waals surface area contributed by atoms with E-state index in [4.69, 9.17) is 15.7 Å². The zero-order chi connectivity index (χ0) is 24.3. The largest absolute Gasteiger partial charge is 0.351 e. The molecule has 0 atom stereocenters. The molecule has 0 bridgehead atoms. The summed E-state index contributed by atoms with van der Waals surface area (Å²) >= 11 is 0. The van der Waals surface area contributed by atoms with Crippen molar-refractivity contribution in [2.24, 2.45) is 11.7 Å². The Morgan fingerprint density at radius 1 is 1.12 bits per heavy atom. The lowest BCUT2D eigenvalue weighted by molar-refractivity contribution is 0.410. The number of sulfonamides is 1. The normalized spacial score (nSPS) is 19.0. The summed E-state index contributed by atoms with van der Waals surface area (Å²) in [6, 6.07) is 7.17. The Hall–Kier alpha value is -2.76. The lowest BCUT2D eigenvalue weighted by Gasteiger charge is -2.26. The number of aryl methyl sites for hydroxylation is 1. The number of aromatic nitrogens is 4. The van der Waals surface area contributed by atoms with E-state index in [1.165, 1.54) is 0 Å². The smallest absolute Gasteiger partial charge is 0.240 e. The van der Waals surface area contributed by atoms with E-state index in [-0.39, 0.29) is 22.9 Å². The number of fused-ring (bicyclic) bond motifs is 1. The second-order valence-electron chi connectivity index (χ2n) is 9.25. The monoisotopic (exact) mass is 486 g/mol.